The summed E-state index contributed by atoms with van der Waals surface area (Å²) in [4.78, 5) is 17.7. The Morgan fingerprint density at radius 2 is 1.69 bits per heavy atom. The molecule has 2 aromatic rings. The topological polar surface area (TPSA) is 89.2 Å². The highest BCUT2D eigenvalue weighted by molar-refractivity contribution is 5.57. The summed E-state index contributed by atoms with van der Waals surface area (Å²) < 4.78 is 0. The van der Waals surface area contributed by atoms with Crippen molar-refractivity contribution in [1.82, 2.24) is 9.97 Å². The molecule has 0 radical (unpaired) electrons. The summed E-state index contributed by atoms with van der Waals surface area (Å²) in [6.45, 7) is 0. The highest BCUT2D eigenvalue weighted by Gasteiger charge is 2.06. The summed E-state index contributed by atoms with van der Waals surface area (Å²) in [5, 5.41) is 19.4. The first-order valence-corrected chi connectivity index (χ1v) is 4.42. The summed E-state index contributed by atoms with van der Waals surface area (Å²) in [6.07, 6.45) is 2.54. The SMILES string of the molecule is O=[N+]([O-])c1ccc(-c2ncc(O)cn2)cc1. The molecule has 16 heavy (non-hydrogen) atoms. The molecule has 80 valence electrons. The normalized spacial score (nSPS) is 10.0. The molecule has 0 saturated heterocycles. The van der Waals surface area contributed by atoms with Gasteiger partial charge in [-0.25, -0.2) is 9.97 Å². The van der Waals surface area contributed by atoms with Crippen LogP contribution in [0.15, 0.2) is 36.7 Å². The Balaban J connectivity index is 2.34. The van der Waals surface area contributed by atoms with E-state index in [0.717, 1.165) is 0 Å². The second kappa shape index (κ2) is 3.93. The van der Waals surface area contributed by atoms with E-state index in [1.165, 1.54) is 24.5 Å². The van der Waals surface area contributed by atoms with Crippen LogP contribution in [0.25, 0.3) is 11.4 Å². The van der Waals surface area contributed by atoms with E-state index >= 15 is 0 Å². The van der Waals surface area contributed by atoms with E-state index < -0.39 is 4.92 Å². The third kappa shape index (κ3) is 1.95. The predicted molar refractivity (Wildman–Crippen MR) is 55.8 cm³/mol. The maximum absolute atomic E-state index is 10.4. The quantitative estimate of drug-likeness (QED) is 0.611. The maximum atomic E-state index is 10.4. The number of nitro benzene ring substituents is 1. The molecule has 1 aromatic heterocycles. The molecule has 1 N–H and O–H groups in total. The van der Waals surface area contributed by atoms with Gasteiger partial charge in [0.2, 0.25) is 0 Å². The number of non-ortho nitro benzene ring substituents is 1. The molecule has 2 rings (SSSR count). The molecular formula is C10H7N3O3. The Labute approximate surface area is 90.4 Å². The number of hydrogen-bond donors (Lipinski definition) is 1. The lowest BCUT2D eigenvalue weighted by atomic mass is 10.2. The number of aromatic hydroxyl groups is 1. The Morgan fingerprint density at radius 3 is 2.19 bits per heavy atom. The van der Waals surface area contributed by atoms with Gasteiger partial charge in [-0.15, -0.1) is 0 Å². The molecule has 0 amide bonds. The van der Waals surface area contributed by atoms with Crippen LogP contribution in [0.2, 0.25) is 0 Å². The van der Waals surface area contributed by atoms with Crippen LogP contribution in [-0.4, -0.2) is 20.0 Å². The second-order valence-electron chi connectivity index (χ2n) is 3.07. The van der Waals surface area contributed by atoms with Crippen LogP contribution < -0.4 is 0 Å². The zero-order valence-electron chi connectivity index (χ0n) is 8.07. The number of nitro groups is 1. The van der Waals surface area contributed by atoms with Gasteiger partial charge in [-0.05, 0) is 12.1 Å². The van der Waals surface area contributed by atoms with E-state index in [-0.39, 0.29) is 11.4 Å². The van der Waals surface area contributed by atoms with Crippen LogP contribution in [0.5, 0.6) is 5.75 Å². The minimum absolute atomic E-state index is 0.0162. The monoisotopic (exact) mass is 217 g/mol. The standard InChI is InChI=1S/C10H7N3O3/c14-9-5-11-10(12-6-9)7-1-3-8(4-2-7)13(15)16/h1-6,14H. The first-order valence-electron chi connectivity index (χ1n) is 4.42. The number of benzene rings is 1. The second-order valence-corrected chi connectivity index (χ2v) is 3.07. The lowest BCUT2D eigenvalue weighted by Gasteiger charge is -1.99. The Hall–Kier alpha value is -2.50. The van der Waals surface area contributed by atoms with Crippen molar-refractivity contribution in [2.24, 2.45) is 0 Å². The predicted octanol–water partition coefficient (Wildman–Crippen LogP) is 1.76. The molecule has 0 spiro atoms. The first kappa shape index (κ1) is 10.0. The van der Waals surface area contributed by atoms with Crippen molar-refractivity contribution >= 4 is 5.69 Å². The smallest absolute Gasteiger partial charge is 0.269 e. The van der Waals surface area contributed by atoms with Crippen LogP contribution in [0.4, 0.5) is 5.69 Å². The molecule has 1 aromatic carbocycles. The molecule has 6 nitrogen and oxygen atoms in total. The third-order valence-corrected chi connectivity index (χ3v) is 1.97. The van der Waals surface area contributed by atoms with Crippen molar-refractivity contribution in [2.45, 2.75) is 0 Å². The van der Waals surface area contributed by atoms with Gasteiger partial charge in [0.25, 0.3) is 5.69 Å². The fourth-order valence-electron chi connectivity index (χ4n) is 1.20. The van der Waals surface area contributed by atoms with E-state index in [2.05, 4.69) is 9.97 Å². The van der Waals surface area contributed by atoms with Crippen LogP contribution in [0.1, 0.15) is 0 Å². The molecular weight excluding hydrogens is 210 g/mol. The van der Waals surface area contributed by atoms with Crippen LogP contribution >= 0.6 is 0 Å². The van der Waals surface area contributed by atoms with Crippen LogP contribution in [0.3, 0.4) is 0 Å². The first-order chi connectivity index (χ1) is 7.66. The van der Waals surface area contributed by atoms with Gasteiger partial charge in [0, 0.05) is 17.7 Å². The third-order valence-electron chi connectivity index (χ3n) is 1.97. The molecule has 0 unspecified atom stereocenters. The average molecular weight is 217 g/mol. The molecule has 0 atom stereocenters. The summed E-state index contributed by atoms with van der Waals surface area (Å²) in [7, 11) is 0. The van der Waals surface area contributed by atoms with E-state index in [1.807, 2.05) is 0 Å². The molecule has 0 bridgehead atoms. The fourth-order valence-corrected chi connectivity index (χ4v) is 1.20. The Kier molecular flexibility index (Phi) is 2.47. The minimum Gasteiger partial charge on any atom is -0.505 e. The number of rotatable bonds is 2. The van der Waals surface area contributed by atoms with Gasteiger partial charge in [0.15, 0.2) is 11.6 Å². The van der Waals surface area contributed by atoms with Crippen LogP contribution in [0, 0.1) is 10.1 Å². The minimum atomic E-state index is -0.471. The van der Waals surface area contributed by atoms with Gasteiger partial charge in [-0.3, -0.25) is 10.1 Å². The van der Waals surface area contributed by atoms with Gasteiger partial charge < -0.3 is 5.11 Å². The van der Waals surface area contributed by atoms with Crippen molar-refractivity contribution in [2.75, 3.05) is 0 Å². The van der Waals surface area contributed by atoms with Gasteiger partial charge in [-0.1, -0.05) is 0 Å². The fraction of sp³-hybridized carbons (Fsp3) is 0. The van der Waals surface area contributed by atoms with Crippen molar-refractivity contribution in [3.05, 3.63) is 46.8 Å². The van der Waals surface area contributed by atoms with Crippen molar-refractivity contribution in [1.29, 1.82) is 0 Å². The van der Waals surface area contributed by atoms with Gasteiger partial charge >= 0.3 is 0 Å². The molecule has 0 aliphatic heterocycles. The van der Waals surface area contributed by atoms with E-state index in [1.54, 1.807) is 12.1 Å². The molecule has 0 fully saturated rings. The van der Waals surface area contributed by atoms with Crippen molar-refractivity contribution < 1.29 is 10.0 Å². The number of hydrogen-bond acceptors (Lipinski definition) is 5. The van der Waals surface area contributed by atoms with Crippen LogP contribution in [-0.2, 0) is 0 Å². The maximum Gasteiger partial charge on any atom is 0.269 e. The average Bonchev–Trinajstić information content (AvgIpc) is 2.30. The Morgan fingerprint density at radius 1 is 1.12 bits per heavy atom. The zero-order valence-corrected chi connectivity index (χ0v) is 8.07. The molecule has 0 aliphatic carbocycles. The highest BCUT2D eigenvalue weighted by Crippen LogP contribution is 2.19. The molecule has 1 heterocycles. The van der Waals surface area contributed by atoms with Gasteiger partial charge in [0.05, 0.1) is 17.3 Å². The lowest BCUT2D eigenvalue weighted by Crippen LogP contribution is -1.90. The largest absolute Gasteiger partial charge is 0.505 e. The van der Waals surface area contributed by atoms with E-state index in [0.29, 0.717) is 11.4 Å². The van der Waals surface area contributed by atoms with Crippen molar-refractivity contribution in [3.8, 4) is 17.1 Å². The van der Waals surface area contributed by atoms with Crippen molar-refractivity contribution in [3.63, 3.8) is 0 Å². The van der Waals surface area contributed by atoms with Gasteiger partial charge in [-0.2, -0.15) is 0 Å². The summed E-state index contributed by atoms with van der Waals surface area (Å²) in [5.41, 5.74) is 0.674. The molecule has 0 aliphatic rings. The molecule has 0 saturated carbocycles. The van der Waals surface area contributed by atoms with E-state index in [9.17, 15) is 10.1 Å². The Bertz CT molecular complexity index is 508. The zero-order chi connectivity index (χ0) is 11.5. The van der Waals surface area contributed by atoms with E-state index in [4.69, 9.17) is 5.11 Å². The number of nitrogens with zero attached hydrogens (tertiary/aromatic N) is 3. The summed E-state index contributed by atoms with van der Waals surface area (Å²) in [5.74, 6) is 0.387. The molecule has 6 heteroatoms. The lowest BCUT2D eigenvalue weighted by molar-refractivity contribution is -0.384. The van der Waals surface area contributed by atoms with Gasteiger partial charge in [0.1, 0.15) is 0 Å². The summed E-state index contributed by atoms with van der Waals surface area (Å²) in [6, 6.07) is 5.88. The summed E-state index contributed by atoms with van der Waals surface area (Å²) >= 11 is 0. The highest BCUT2D eigenvalue weighted by atomic mass is 16.6. The number of aromatic nitrogens is 2.